The van der Waals surface area contributed by atoms with E-state index in [1.807, 2.05) is 18.0 Å². The first-order valence-electron chi connectivity index (χ1n) is 3.77. The molecule has 13 heavy (non-hydrogen) atoms. The molecule has 4 nitrogen and oxygen atoms in total. The second-order valence-electron chi connectivity index (χ2n) is 2.55. The number of nitrogens with zero attached hydrogens (tertiary/aromatic N) is 2. The van der Waals surface area contributed by atoms with Crippen molar-refractivity contribution in [2.75, 3.05) is 26.5 Å². The summed E-state index contributed by atoms with van der Waals surface area (Å²) in [6.45, 7) is 0.863. The van der Waals surface area contributed by atoms with E-state index in [-0.39, 0.29) is 5.57 Å². The summed E-state index contributed by atoms with van der Waals surface area (Å²) in [6, 6.07) is 1.87. The summed E-state index contributed by atoms with van der Waals surface area (Å²) in [5.41, 5.74) is 0.104. The highest BCUT2D eigenvalue weighted by molar-refractivity contribution is 8.03. The van der Waals surface area contributed by atoms with Crippen molar-refractivity contribution in [3.05, 3.63) is 10.6 Å². The maximum atomic E-state index is 11.1. The number of methoxy groups -OCH3 is 1. The lowest BCUT2D eigenvalue weighted by atomic mass is 10.3. The van der Waals surface area contributed by atoms with E-state index in [1.165, 1.54) is 18.9 Å². The minimum atomic E-state index is -0.557. The van der Waals surface area contributed by atoms with Crippen LogP contribution in [-0.2, 0) is 9.53 Å². The van der Waals surface area contributed by atoms with Crippen LogP contribution in [0.3, 0.4) is 0 Å². The summed E-state index contributed by atoms with van der Waals surface area (Å²) in [7, 11) is 3.13. The Bertz CT molecular complexity index is 293. The van der Waals surface area contributed by atoms with E-state index in [0.29, 0.717) is 5.03 Å². The highest BCUT2D eigenvalue weighted by Gasteiger charge is 2.23. The molecule has 0 amide bonds. The number of thioether (sulfide) groups is 1. The molecule has 0 radical (unpaired) electrons. The molecule has 1 rings (SSSR count). The summed E-state index contributed by atoms with van der Waals surface area (Å²) in [4.78, 5) is 13.0. The van der Waals surface area contributed by atoms with E-state index in [1.54, 1.807) is 0 Å². The molecule has 0 saturated carbocycles. The minimum Gasteiger partial charge on any atom is -0.465 e. The van der Waals surface area contributed by atoms with Crippen molar-refractivity contribution in [1.82, 2.24) is 4.90 Å². The smallest absolute Gasteiger partial charge is 0.351 e. The number of rotatable bonds is 1. The fourth-order valence-electron chi connectivity index (χ4n) is 1.04. The zero-order chi connectivity index (χ0) is 9.84. The Morgan fingerprint density at radius 3 is 2.85 bits per heavy atom. The first kappa shape index (κ1) is 9.93. The molecule has 0 aromatic carbocycles. The molecule has 1 fully saturated rings. The maximum absolute atomic E-state index is 11.1. The van der Waals surface area contributed by atoms with E-state index in [4.69, 9.17) is 5.26 Å². The number of ether oxygens (including phenoxy) is 1. The molecule has 5 heteroatoms. The van der Waals surface area contributed by atoms with Crippen molar-refractivity contribution in [2.45, 2.75) is 0 Å². The third-order valence-electron chi connectivity index (χ3n) is 1.73. The molecule has 0 unspecified atom stereocenters. The number of hydrogen-bond acceptors (Lipinski definition) is 5. The molecule has 0 spiro atoms. The average molecular weight is 198 g/mol. The summed E-state index contributed by atoms with van der Waals surface area (Å²) in [5, 5.41) is 9.47. The van der Waals surface area contributed by atoms with E-state index >= 15 is 0 Å². The average Bonchev–Trinajstić information content (AvgIpc) is 2.53. The number of esters is 1. The lowest BCUT2D eigenvalue weighted by Gasteiger charge is -2.11. The van der Waals surface area contributed by atoms with Crippen molar-refractivity contribution in [1.29, 1.82) is 5.26 Å². The van der Waals surface area contributed by atoms with Crippen molar-refractivity contribution < 1.29 is 9.53 Å². The zero-order valence-corrected chi connectivity index (χ0v) is 8.35. The summed E-state index contributed by atoms with van der Waals surface area (Å²) < 4.78 is 4.50. The third kappa shape index (κ3) is 1.95. The molecule has 0 bridgehead atoms. The van der Waals surface area contributed by atoms with Gasteiger partial charge in [-0.2, -0.15) is 5.26 Å². The summed E-state index contributed by atoms with van der Waals surface area (Å²) in [6.07, 6.45) is 0. The molecule has 0 aromatic heterocycles. The molecule has 0 N–H and O–H groups in total. The molecule has 1 saturated heterocycles. The first-order chi connectivity index (χ1) is 6.20. The second-order valence-corrected chi connectivity index (χ2v) is 3.64. The molecule has 1 heterocycles. The van der Waals surface area contributed by atoms with Crippen molar-refractivity contribution in [3.8, 4) is 6.07 Å². The highest BCUT2D eigenvalue weighted by Crippen LogP contribution is 2.29. The Morgan fingerprint density at radius 2 is 2.46 bits per heavy atom. The van der Waals surface area contributed by atoms with E-state index < -0.39 is 5.97 Å². The minimum absolute atomic E-state index is 0.104. The standard InChI is InChI=1S/C8H10N2O2S/c1-10-3-4-13-7(10)6(5-9)8(11)12-2/h3-4H2,1-2H3/b7-6+. The lowest BCUT2D eigenvalue weighted by molar-refractivity contribution is -0.135. The molecule has 1 aliphatic heterocycles. The van der Waals surface area contributed by atoms with Crippen molar-refractivity contribution >= 4 is 17.7 Å². The number of hydrogen-bond donors (Lipinski definition) is 0. The van der Waals surface area contributed by atoms with Gasteiger partial charge < -0.3 is 9.64 Å². The number of carbonyl (C=O) groups is 1. The quantitative estimate of drug-likeness (QED) is 0.350. The topological polar surface area (TPSA) is 53.3 Å². The van der Waals surface area contributed by atoms with Crippen LogP contribution in [0.5, 0.6) is 0 Å². The molecular weight excluding hydrogens is 188 g/mol. The normalized spacial score (nSPS) is 19.6. The van der Waals surface area contributed by atoms with Gasteiger partial charge in [-0.25, -0.2) is 4.79 Å². The first-order valence-corrected chi connectivity index (χ1v) is 4.76. The number of nitriles is 1. The predicted octanol–water partition coefficient (Wildman–Crippen LogP) is 0.573. The molecular formula is C8H10N2O2S. The molecule has 0 aliphatic carbocycles. The van der Waals surface area contributed by atoms with Gasteiger partial charge in [-0.15, -0.1) is 11.8 Å². The van der Waals surface area contributed by atoms with Crippen LogP contribution in [0, 0.1) is 11.3 Å². The summed E-state index contributed by atoms with van der Waals surface area (Å²) in [5.74, 6) is 0.354. The number of carbonyl (C=O) groups excluding carboxylic acids is 1. The monoisotopic (exact) mass is 198 g/mol. The van der Waals surface area contributed by atoms with E-state index in [2.05, 4.69) is 4.74 Å². The van der Waals surface area contributed by atoms with Gasteiger partial charge in [0.2, 0.25) is 0 Å². The van der Waals surface area contributed by atoms with Crippen LogP contribution in [-0.4, -0.2) is 37.3 Å². The van der Waals surface area contributed by atoms with Crippen LogP contribution in [0.2, 0.25) is 0 Å². The van der Waals surface area contributed by atoms with Gasteiger partial charge in [0.05, 0.1) is 12.1 Å². The Balaban J connectivity index is 2.98. The van der Waals surface area contributed by atoms with Crippen LogP contribution >= 0.6 is 11.8 Å². The van der Waals surface area contributed by atoms with Gasteiger partial charge in [0, 0.05) is 19.3 Å². The van der Waals surface area contributed by atoms with Crippen LogP contribution in [0.25, 0.3) is 0 Å². The Morgan fingerprint density at radius 1 is 1.77 bits per heavy atom. The molecule has 0 atom stereocenters. The fourth-order valence-corrected chi connectivity index (χ4v) is 2.18. The molecule has 0 aromatic rings. The summed E-state index contributed by atoms with van der Waals surface area (Å²) >= 11 is 1.51. The maximum Gasteiger partial charge on any atom is 0.351 e. The molecule has 1 aliphatic rings. The Hall–Kier alpha value is -1.15. The SMILES string of the molecule is COC(=O)/C(C#N)=C1/SCCN1C. The molecule has 70 valence electrons. The van der Waals surface area contributed by atoms with Gasteiger partial charge in [-0.3, -0.25) is 0 Å². The fraction of sp³-hybridized carbons (Fsp3) is 0.500. The van der Waals surface area contributed by atoms with E-state index in [9.17, 15) is 4.79 Å². The van der Waals surface area contributed by atoms with Gasteiger partial charge >= 0.3 is 5.97 Å². The largest absolute Gasteiger partial charge is 0.465 e. The third-order valence-corrected chi connectivity index (χ3v) is 2.90. The van der Waals surface area contributed by atoms with Crippen LogP contribution in [0.4, 0.5) is 0 Å². The van der Waals surface area contributed by atoms with Crippen LogP contribution < -0.4 is 0 Å². The van der Waals surface area contributed by atoms with Crippen molar-refractivity contribution in [3.63, 3.8) is 0 Å². The second kappa shape index (κ2) is 4.19. The van der Waals surface area contributed by atoms with E-state index in [0.717, 1.165) is 12.3 Å². The van der Waals surface area contributed by atoms with Gasteiger partial charge in [-0.05, 0) is 0 Å². The zero-order valence-electron chi connectivity index (χ0n) is 7.53. The predicted molar refractivity (Wildman–Crippen MR) is 49.7 cm³/mol. The van der Waals surface area contributed by atoms with Crippen molar-refractivity contribution in [2.24, 2.45) is 0 Å². The van der Waals surface area contributed by atoms with Gasteiger partial charge in [0.25, 0.3) is 0 Å². The Labute approximate surface area is 81.1 Å². The van der Waals surface area contributed by atoms with Gasteiger partial charge in [-0.1, -0.05) is 0 Å². The van der Waals surface area contributed by atoms with Gasteiger partial charge in [0.15, 0.2) is 5.57 Å². The van der Waals surface area contributed by atoms with Gasteiger partial charge in [0.1, 0.15) is 6.07 Å². The lowest BCUT2D eigenvalue weighted by Crippen LogP contribution is -2.15. The highest BCUT2D eigenvalue weighted by atomic mass is 32.2. The Kier molecular flexibility index (Phi) is 3.20. The van der Waals surface area contributed by atoms with Crippen LogP contribution in [0.15, 0.2) is 10.6 Å². The van der Waals surface area contributed by atoms with Crippen LogP contribution in [0.1, 0.15) is 0 Å².